The number of carbonyl (C=O) groups is 1. The van der Waals surface area contributed by atoms with Gasteiger partial charge in [-0.3, -0.25) is 4.79 Å². The number of benzene rings is 2. The molecule has 0 aliphatic carbocycles. The maximum absolute atomic E-state index is 13.1. The number of amides is 1. The normalized spacial score (nSPS) is 21.2. The molecule has 0 saturated carbocycles. The van der Waals surface area contributed by atoms with E-state index in [0.29, 0.717) is 24.6 Å². The number of para-hydroxylation sites is 2. The van der Waals surface area contributed by atoms with E-state index in [1.54, 1.807) is 11.3 Å². The first kappa shape index (κ1) is 19.2. The van der Waals surface area contributed by atoms with Gasteiger partial charge < -0.3 is 19.3 Å². The van der Waals surface area contributed by atoms with Crippen molar-refractivity contribution in [3.8, 4) is 11.5 Å². The van der Waals surface area contributed by atoms with E-state index in [-0.39, 0.29) is 12.0 Å². The summed E-state index contributed by atoms with van der Waals surface area (Å²) in [6, 6.07) is 11.9. The first-order chi connectivity index (χ1) is 14.5. The lowest BCUT2D eigenvalue weighted by Gasteiger charge is -2.38. The standard InChI is InChI=1S/C23H25N3O3S/c1-14-12-15(2)20-19(13-14)30-23(24-20)26-10-8-25(9-11-26)22(27)21-16(3)28-17-6-4-5-7-18(17)29-21/h4-7,12-13,16,21H,8-11H2,1-3H3. The lowest BCUT2D eigenvalue weighted by Crippen LogP contribution is -2.56. The molecular formula is C23H25N3O3S. The average molecular weight is 424 g/mol. The summed E-state index contributed by atoms with van der Waals surface area (Å²) in [6.07, 6.45) is -0.930. The van der Waals surface area contributed by atoms with Gasteiger partial charge in [-0.25, -0.2) is 4.98 Å². The van der Waals surface area contributed by atoms with Crippen LogP contribution in [0.15, 0.2) is 36.4 Å². The Morgan fingerprint density at radius 2 is 1.77 bits per heavy atom. The quantitative estimate of drug-likeness (QED) is 0.628. The van der Waals surface area contributed by atoms with E-state index in [9.17, 15) is 4.79 Å². The summed E-state index contributed by atoms with van der Waals surface area (Å²) in [5.74, 6) is 1.32. The monoisotopic (exact) mass is 423 g/mol. The third kappa shape index (κ3) is 3.37. The van der Waals surface area contributed by atoms with Crippen molar-refractivity contribution in [2.45, 2.75) is 33.0 Å². The molecule has 1 amide bonds. The fourth-order valence-corrected chi connectivity index (χ4v) is 5.38. The summed E-state index contributed by atoms with van der Waals surface area (Å²) in [4.78, 5) is 22.2. The summed E-state index contributed by atoms with van der Waals surface area (Å²) in [7, 11) is 0. The number of nitrogens with zero attached hydrogens (tertiary/aromatic N) is 3. The van der Waals surface area contributed by atoms with Gasteiger partial charge in [0, 0.05) is 26.2 Å². The first-order valence-electron chi connectivity index (χ1n) is 10.3. The van der Waals surface area contributed by atoms with Crippen LogP contribution in [-0.4, -0.2) is 54.2 Å². The van der Waals surface area contributed by atoms with Crippen LogP contribution in [0.25, 0.3) is 10.2 Å². The molecule has 1 fully saturated rings. The molecule has 5 rings (SSSR count). The van der Waals surface area contributed by atoms with Gasteiger partial charge >= 0.3 is 0 Å². The van der Waals surface area contributed by atoms with Gasteiger partial charge in [0.1, 0.15) is 6.10 Å². The molecule has 7 heteroatoms. The van der Waals surface area contributed by atoms with E-state index in [2.05, 4.69) is 30.9 Å². The largest absolute Gasteiger partial charge is 0.482 e. The van der Waals surface area contributed by atoms with Crippen molar-refractivity contribution in [1.29, 1.82) is 0 Å². The number of piperazine rings is 1. The predicted molar refractivity (Wildman–Crippen MR) is 119 cm³/mol. The maximum Gasteiger partial charge on any atom is 0.267 e. The van der Waals surface area contributed by atoms with Crippen LogP contribution in [0.4, 0.5) is 5.13 Å². The molecule has 30 heavy (non-hydrogen) atoms. The number of anilines is 1. The van der Waals surface area contributed by atoms with Crippen LogP contribution < -0.4 is 14.4 Å². The summed E-state index contributed by atoms with van der Waals surface area (Å²) in [5, 5.41) is 1.03. The van der Waals surface area contributed by atoms with E-state index < -0.39 is 6.10 Å². The fourth-order valence-electron chi connectivity index (χ4n) is 4.18. The van der Waals surface area contributed by atoms with Crippen LogP contribution in [0, 0.1) is 13.8 Å². The molecule has 2 atom stereocenters. The third-order valence-corrected chi connectivity index (χ3v) is 6.83. The van der Waals surface area contributed by atoms with E-state index in [0.717, 1.165) is 23.7 Å². The Kier molecular flexibility index (Phi) is 4.77. The second-order valence-electron chi connectivity index (χ2n) is 8.05. The van der Waals surface area contributed by atoms with Gasteiger partial charge in [0.15, 0.2) is 16.6 Å². The lowest BCUT2D eigenvalue weighted by molar-refractivity contribution is -0.144. The number of ether oxygens (including phenoxy) is 2. The molecule has 0 N–H and O–H groups in total. The van der Waals surface area contributed by atoms with Crippen LogP contribution in [-0.2, 0) is 4.79 Å². The number of aromatic nitrogens is 1. The Labute approximate surface area is 180 Å². The Morgan fingerprint density at radius 1 is 1.07 bits per heavy atom. The molecule has 2 unspecified atom stereocenters. The highest BCUT2D eigenvalue weighted by Gasteiger charge is 2.37. The van der Waals surface area contributed by atoms with Gasteiger partial charge in [-0.1, -0.05) is 29.5 Å². The van der Waals surface area contributed by atoms with Crippen LogP contribution in [0.1, 0.15) is 18.1 Å². The van der Waals surface area contributed by atoms with Crippen LogP contribution in [0.5, 0.6) is 11.5 Å². The number of rotatable bonds is 2. The van der Waals surface area contributed by atoms with Crippen molar-refractivity contribution in [3.05, 3.63) is 47.5 Å². The van der Waals surface area contributed by atoms with Crippen LogP contribution >= 0.6 is 11.3 Å². The summed E-state index contributed by atoms with van der Waals surface area (Å²) < 4.78 is 13.1. The molecule has 156 valence electrons. The summed E-state index contributed by atoms with van der Waals surface area (Å²) in [6.45, 7) is 8.96. The highest BCUT2D eigenvalue weighted by atomic mass is 32.1. The number of hydrogen-bond acceptors (Lipinski definition) is 6. The topological polar surface area (TPSA) is 54.9 Å². The van der Waals surface area contributed by atoms with Gasteiger partial charge in [-0.2, -0.15) is 0 Å². The van der Waals surface area contributed by atoms with Crippen LogP contribution in [0.2, 0.25) is 0 Å². The molecule has 1 saturated heterocycles. The maximum atomic E-state index is 13.1. The Bertz CT molecular complexity index is 1100. The Hall–Kier alpha value is -2.80. The lowest BCUT2D eigenvalue weighted by atomic mass is 10.1. The fraction of sp³-hybridized carbons (Fsp3) is 0.391. The van der Waals surface area contributed by atoms with E-state index >= 15 is 0 Å². The molecule has 2 aromatic carbocycles. The molecule has 2 aliphatic rings. The molecule has 0 bridgehead atoms. The van der Waals surface area contributed by atoms with Gasteiger partial charge in [-0.05, 0) is 50.1 Å². The van der Waals surface area contributed by atoms with E-state index in [1.165, 1.54) is 15.8 Å². The second-order valence-corrected chi connectivity index (χ2v) is 9.05. The molecule has 6 nitrogen and oxygen atoms in total. The van der Waals surface area contributed by atoms with Crippen LogP contribution in [0.3, 0.4) is 0 Å². The number of thiazole rings is 1. The minimum atomic E-state index is -0.612. The molecule has 1 aromatic heterocycles. The van der Waals surface area contributed by atoms with Crippen molar-refractivity contribution in [2.75, 3.05) is 31.1 Å². The molecule has 2 aliphatic heterocycles. The van der Waals surface area contributed by atoms with Gasteiger partial charge in [-0.15, -0.1) is 0 Å². The molecule has 3 aromatic rings. The zero-order chi connectivity index (χ0) is 20.8. The van der Waals surface area contributed by atoms with Gasteiger partial charge in [0.2, 0.25) is 6.10 Å². The Balaban J connectivity index is 1.27. The number of carbonyl (C=O) groups excluding carboxylic acids is 1. The highest BCUT2D eigenvalue weighted by molar-refractivity contribution is 7.22. The number of aryl methyl sites for hydroxylation is 2. The highest BCUT2D eigenvalue weighted by Crippen LogP contribution is 2.35. The summed E-state index contributed by atoms with van der Waals surface area (Å²) in [5.41, 5.74) is 3.56. The minimum absolute atomic E-state index is 0.00702. The predicted octanol–water partition coefficient (Wildman–Crippen LogP) is 3.79. The van der Waals surface area contributed by atoms with Crippen molar-refractivity contribution in [3.63, 3.8) is 0 Å². The van der Waals surface area contributed by atoms with Crippen molar-refractivity contribution < 1.29 is 14.3 Å². The van der Waals surface area contributed by atoms with E-state index in [1.807, 2.05) is 36.1 Å². The zero-order valence-electron chi connectivity index (χ0n) is 17.4. The molecule has 0 radical (unpaired) electrons. The number of fused-ring (bicyclic) bond motifs is 2. The number of hydrogen-bond donors (Lipinski definition) is 0. The SMILES string of the molecule is Cc1cc(C)c2nc(N3CCN(C(=O)C4Oc5ccccc5OC4C)CC3)sc2c1. The van der Waals surface area contributed by atoms with Gasteiger partial charge in [0.25, 0.3) is 5.91 Å². The average Bonchev–Trinajstić information content (AvgIpc) is 3.17. The molecule has 3 heterocycles. The third-order valence-electron chi connectivity index (χ3n) is 5.77. The van der Waals surface area contributed by atoms with Gasteiger partial charge in [0.05, 0.1) is 10.2 Å². The summed E-state index contributed by atoms with van der Waals surface area (Å²) >= 11 is 1.73. The Morgan fingerprint density at radius 3 is 2.50 bits per heavy atom. The van der Waals surface area contributed by atoms with Crippen molar-refractivity contribution in [2.24, 2.45) is 0 Å². The molecule has 0 spiro atoms. The van der Waals surface area contributed by atoms with Crippen molar-refractivity contribution in [1.82, 2.24) is 9.88 Å². The molecular weight excluding hydrogens is 398 g/mol. The smallest absolute Gasteiger partial charge is 0.267 e. The second kappa shape index (κ2) is 7.47. The minimum Gasteiger partial charge on any atom is -0.482 e. The zero-order valence-corrected chi connectivity index (χ0v) is 18.2. The first-order valence-corrected chi connectivity index (χ1v) is 11.1. The van der Waals surface area contributed by atoms with E-state index in [4.69, 9.17) is 14.5 Å². The van der Waals surface area contributed by atoms with Crippen molar-refractivity contribution >= 4 is 32.6 Å².